The number of benzene rings is 1. The summed E-state index contributed by atoms with van der Waals surface area (Å²) in [5.41, 5.74) is 5.35. The topological polar surface area (TPSA) is 69.0 Å². The molecule has 6 nitrogen and oxygen atoms in total. The molecule has 1 amide bonds. The molecule has 2 aromatic heterocycles. The van der Waals surface area contributed by atoms with Gasteiger partial charge in [-0.25, -0.2) is 9.07 Å². The highest BCUT2D eigenvalue weighted by Gasteiger charge is 2.20. The molecule has 1 aromatic carbocycles. The van der Waals surface area contributed by atoms with Crippen LogP contribution in [0.5, 0.6) is 5.88 Å². The lowest BCUT2D eigenvalue weighted by Crippen LogP contribution is -2.25. The predicted octanol–water partition coefficient (Wildman–Crippen LogP) is 5.12. The Kier molecular flexibility index (Phi) is 7.06. The number of ether oxygens (including phenoxy) is 1. The Hall–Kier alpha value is -3.22. The number of amides is 1. The zero-order valence-corrected chi connectivity index (χ0v) is 19.6. The molecule has 1 aliphatic carbocycles. The Morgan fingerprint density at radius 3 is 2.82 bits per heavy atom. The summed E-state index contributed by atoms with van der Waals surface area (Å²) in [6, 6.07) is 6.27. The van der Waals surface area contributed by atoms with E-state index in [0.29, 0.717) is 36.6 Å². The number of pyridine rings is 1. The van der Waals surface area contributed by atoms with Crippen LogP contribution < -0.4 is 10.1 Å². The van der Waals surface area contributed by atoms with Crippen LogP contribution in [0.15, 0.2) is 35.9 Å². The number of halogens is 1. The Labute approximate surface area is 193 Å². The lowest BCUT2D eigenvalue weighted by atomic mass is 9.97. The number of carbonyl (C=O) groups is 1. The van der Waals surface area contributed by atoms with Gasteiger partial charge in [-0.2, -0.15) is 10.1 Å². The summed E-state index contributed by atoms with van der Waals surface area (Å²) in [7, 11) is 1.57. The first-order valence-electron chi connectivity index (χ1n) is 11.6. The van der Waals surface area contributed by atoms with Gasteiger partial charge in [0.25, 0.3) is 0 Å². The van der Waals surface area contributed by atoms with Crippen molar-refractivity contribution in [1.29, 1.82) is 0 Å². The Morgan fingerprint density at radius 2 is 2.09 bits per heavy atom. The second-order valence-electron chi connectivity index (χ2n) is 8.61. The van der Waals surface area contributed by atoms with Crippen LogP contribution in [0, 0.1) is 19.7 Å². The molecule has 4 rings (SSSR count). The van der Waals surface area contributed by atoms with E-state index in [2.05, 4.69) is 16.5 Å². The second kappa shape index (κ2) is 10.1. The van der Waals surface area contributed by atoms with Gasteiger partial charge < -0.3 is 10.1 Å². The van der Waals surface area contributed by atoms with Crippen molar-refractivity contribution in [3.63, 3.8) is 0 Å². The minimum atomic E-state index is -0.333. The standard InChI is InChI=1S/C26H31FN4O2/c1-17-22(12-13-23(32)28-15-14-19-8-5-4-6-9-19)26(33-3)29-25-24(17)18(2)30-31(25)21-11-7-10-20(27)16-21/h7-8,10-11,16H,4-6,9,12-15H2,1-3H3,(H,28,32). The summed E-state index contributed by atoms with van der Waals surface area (Å²) >= 11 is 0. The fourth-order valence-electron chi connectivity index (χ4n) is 4.60. The number of hydrogen-bond donors (Lipinski definition) is 1. The highest BCUT2D eigenvalue weighted by Crippen LogP contribution is 2.32. The molecule has 1 aliphatic rings. The summed E-state index contributed by atoms with van der Waals surface area (Å²) in [4.78, 5) is 17.2. The fraction of sp³-hybridized carbons (Fsp3) is 0.423. The molecule has 0 bridgehead atoms. The second-order valence-corrected chi connectivity index (χ2v) is 8.61. The van der Waals surface area contributed by atoms with Crippen molar-refractivity contribution in [2.45, 2.75) is 58.8 Å². The maximum atomic E-state index is 13.8. The van der Waals surface area contributed by atoms with Crippen molar-refractivity contribution in [1.82, 2.24) is 20.1 Å². The number of hydrogen-bond acceptors (Lipinski definition) is 4. The van der Waals surface area contributed by atoms with Crippen molar-refractivity contribution in [2.24, 2.45) is 0 Å². The molecule has 7 heteroatoms. The van der Waals surface area contributed by atoms with E-state index in [9.17, 15) is 9.18 Å². The van der Waals surface area contributed by atoms with Crippen LogP contribution in [0.4, 0.5) is 4.39 Å². The summed E-state index contributed by atoms with van der Waals surface area (Å²) in [6.45, 7) is 4.59. The van der Waals surface area contributed by atoms with Gasteiger partial charge in [0.1, 0.15) is 5.82 Å². The van der Waals surface area contributed by atoms with E-state index in [0.717, 1.165) is 41.5 Å². The van der Waals surface area contributed by atoms with Crippen molar-refractivity contribution >= 4 is 16.9 Å². The minimum absolute atomic E-state index is 0.0279. The number of aryl methyl sites for hydroxylation is 2. The Morgan fingerprint density at radius 1 is 1.24 bits per heavy atom. The summed E-state index contributed by atoms with van der Waals surface area (Å²) in [5, 5.41) is 8.55. The van der Waals surface area contributed by atoms with Gasteiger partial charge in [0.05, 0.1) is 18.5 Å². The van der Waals surface area contributed by atoms with Crippen molar-refractivity contribution in [3.8, 4) is 11.6 Å². The van der Waals surface area contributed by atoms with Gasteiger partial charge >= 0.3 is 0 Å². The van der Waals surface area contributed by atoms with E-state index in [1.54, 1.807) is 23.9 Å². The average Bonchev–Trinajstić information content (AvgIpc) is 3.15. The molecule has 0 atom stereocenters. The molecule has 0 unspecified atom stereocenters. The third-order valence-electron chi connectivity index (χ3n) is 6.33. The van der Waals surface area contributed by atoms with Crippen LogP contribution in [-0.4, -0.2) is 34.3 Å². The van der Waals surface area contributed by atoms with Gasteiger partial charge in [-0.05, 0) is 76.1 Å². The molecule has 0 saturated carbocycles. The zero-order valence-electron chi connectivity index (χ0n) is 19.6. The third kappa shape index (κ3) is 5.07. The maximum absolute atomic E-state index is 13.8. The SMILES string of the molecule is COc1nc2c(c(C)nn2-c2cccc(F)c2)c(C)c1CCC(=O)NCCC1=CCCCC1. The number of aromatic nitrogens is 3. The first kappa shape index (κ1) is 23.0. The summed E-state index contributed by atoms with van der Waals surface area (Å²) in [5.74, 6) is 0.165. The van der Waals surface area contributed by atoms with Crippen LogP contribution in [-0.2, 0) is 11.2 Å². The van der Waals surface area contributed by atoms with Gasteiger partial charge in [-0.1, -0.05) is 17.7 Å². The average molecular weight is 451 g/mol. The minimum Gasteiger partial charge on any atom is -0.481 e. The van der Waals surface area contributed by atoms with E-state index >= 15 is 0 Å². The molecule has 1 N–H and O–H groups in total. The van der Waals surface area contributed by atoms with Crippen LogP contribution in [0.2, 0.25) is 0 Å². The van der Waals surface area contributed by atoms with E-state index in [1.807, 2.05) is 13.8 Å². The largest absolute Gasteiger partial charge is 0.481 e. The number of methoxy groups -OCH3 is 1. The molecule has 2 heterocycles. The number of carbonyl (C=O) groups excluding carboxylic acids is 1. The smallest absolute Gasteiger partial charge is 0.220 e. The number of allylic oxidation sites excluding steroid dienone is 1. The van der Waals surface area contributed by atoms with Gasteiger partial charge in [0.15, 0.2) is 5.65 Å². The van der Waals surface area contributed by atoms with E-state index in [-0.39, 0.29) is 11.7 Å². The Balaban J connectivity index is 1.52. The van der Waals surface area contributed by atoms with Crippen LogP contribution in [0.3, 0.4) is 0 Å². The quantitative estimate of drug-likeness (QED) is 0.484. The van der Waals surface area contributed by atoms with Gasteiger partial charge in [0, 0.05) is 23.9 Å². The predicted molar refractivity (Wildman–Crippen MR) is 127 cm³/mol. The highest BCUT2D eigenvalue weighted by molar-refractivity contribution is 5.86. The Bertz CT molecular complexity index is 1200. The number of rotatable bonds is 8. The molecule has 0 fully saturated rings. The molecule has 3 aromatic rings. The molecule has 0 spiro atoms. The van der Waals surface area contributed by atoms with Crippen molar-refractivity contribution in [3.05, 3.63) is 58.6 Å². The summed E-state index contributed by atoms with van der Waals surface area (Å²) in [6.07, 6.45) is 8.97. The van der Waals surface area contributed by atoms with Crippen molar-refractivity contribution < 1.29 is 13.9 Å². The van der Waals surface area contributed by atoms with Crippen LogP contribution >= 0.6 is 0 Å². The van der Waals surface area contributed by atoms with Gasteiger partial charge in [-0.15, -0.1) is 0 Å². The van der Waals surface area contributed by atoms with Crippen LogP contribution in [0.25, 0.3) is 16.7 Å². The molecule has 0 saturated heterocycles. The molecule has 0 radical (unpaired) electrons. The number of nitrogens with one attached hydrogen (secondary N) is 1. The molecule has 174 valence electrons. The van der Waals surface area contributed by atoms with Gasteiger partial charge in [0.2, 0.25) is 11.8 Å². The number of nitrogens with zero attached hydrogens (tertiary/aromatic N) is 3. The molecule has 0 aliphatic heterocycles. The molecular formula is C26H31FN4O2. The summed E-state index contributed by atoms with van der Waals surface area (Å²) < 4.78 is 21.0. The van der Waals surface area contributed by atoms with E-state index < -0.39 is 0 Å². The molecule has 33 heavy (non-hydrogen) atoms. The first-order chi connectivity index (χ1) is 16.0. The normalized spacial score (nSPS) is 13.8. The fourth-order valence-corrected chi connectivity index (χ4v) is 4.60. The third-order valence-corrected chi connectivity index (χ3v) is 6.33. The van der Waals surface area contributed by atoms with E-state index in [4.69, 9.17) is 9.72 Å². The van der Waals surface area contributed by atoms with Crippen molar-refractivity contribution in [2.75, 3.05) is 13.7 Å². The highest BCUT2D eigenvalue weighted by atomic mass is 19.1. The maximum Gasteiger partial charge on any atom is 0.220 e. The first-order valence-corrected chi connectivity index (χ1v) is 11.6. The number of fused-ring (bicyclic) bond motifs is 1. The lowest BCUT2D eigenvalue weighted by Gasteiger charge is -2.14. The lowest BCUT2D eigenvalue weighted by molar-refractivity contribution is -0.121. The zero-order chi connectivity index (χ0) is 23.4. The monoisotopic (exact) mass is 450 g/mol. The molecular weight excluding hydrogens is 419 g/mol. The van der Waals surface area contributed by atoms with Crippen LogP contribution in [0.1, 0.15) is 55.3 Å². The van der Waals surface area contributed by atoms with Gasteiger partial charge in [-0.3, -0.25) is 4.79 Å². The van der Waals surface area contributed by atoms with E-state index in [1.165, 1.54) is 30.5 Å².